The molecule has 0 radical (unpaired) electrons. The van der Waals surface area contributed by atoms with E-state index in [-0.39, 0.29) is 0 Å². The Morgan fingerprint density at radius 1 is 1.43 bits per heavy atom. The molecule has 14 heavy (non-hydrogen) atoms. The minimum Gasteiger partial charge on any atom is -0.478 e. The zero-order chi connectivity index (χ0) is 10.4. The molecule has 1 aromatic rings. The summed E-state index contributed by atoms with van der Waals surface area (Å²) in [6.07, 6.45) is 4.59. The van der Waals surface area contributed by atoms with Gasteiger partial charge in [0.25, 0.3) is 0 Å². The maximum Gasteiger partial charge on any atom is 0.336 e. The van der Waals surface area contributed by atoms with Gasteiger partial charge in [0.15, 0.2) is 0 Å². The first-order valence-corrected chi connectivity index (χ1v) is 4.98. The summed E-state index contributed by atoms with van der Waals surface area (Å²) in [6, 6.07) is 6.94. The van der Waals surface area contributed by atoms with Crippen LogP contribution >= 0.6 is 12.6 Å². The molecular formula is C11H12O2S. The van der Waals surface area contributed by atoms with E-state index in [0.29, 0.717) is 5.56 Å². The lowest BCUT2D eigenvalue weighted by Gasteiger charge is -1.99. The van der Waals surface area contributed by atoms with Crippen molar-refractivity contribution in [2.75, 3.05) is 5.75 Å². The molecule has 0 bridgehead atoms. The maximum absolute atomic E-state index is 10.8. The van der Waals surface area contributed by atoms with Crippen LogP contribution in [-0.2, 0) is 0 Å². The summed E-state index contributed by atoms with van der Waals surface area (Å²) in [7, 11) is 0. The number of carboxylic acids is 1. The number of hydrogen-bond donors (Lipinski definition) is 2. The van der Waals surface area contributed by atoms with Crippen LogP contribution in [0.4, 0.5) is 0 Å². The number of aromatic carboxylic acids is 1. The second kappa shape index (κ2) is 5.50. The Morgan fingerprint density at radius 2 is 2.14 bits per heavy atom. The summed E-state index contributed by atoms with van der Waals surface area (Å²) in [4.78, 5) is 10.8. The quantitative estimate of drug-likeness (QED) is 0.746. The summed E-state index contributed by atoms with van der Waals surface area (Å²) < 4.78 is 0. The summed E-state index contributed by atoms with van der Waals surface area (Å²) in [5.41, 5.74) is 1.07. The molecule has 0 saturated carbocycles. The first-order chi connectivity index (χ1) is 6.75. The van der Waals surface area contributed by atoms with Gasteiger partial charge in [-0.25, -0.2) is 4.79 Å². The van der Waals surface area contributed by atoms with E-state index in [1.165, 1.54) is 0 Å². The Bertz CT molecular complexity index is 345. The normalized spacial score (nSPS) is 10.6. The average Bonchev–Trinajstić information content (AvgIpc) is 2.19. The molecular weight excluding hydrogens is 196 g/mol. The molecule has 0 aliphatic carbocycles. The van der Waals surface area contributed by atoms with E-state index in [4.69, 9.17) is 5.11 Å². The van der Waals surface area contributed by atoms with Crippen LogP contribution in [0.3, 0.4) is 0 Å². The van der Waals surface area contributed by atoms with Gasteiger partial charge in [-0.1, -0.05) is 30.4 Å². The van der Waals surface area contributed by atoms with E-state index in [0.717, 1.165) is 17.7 Å². The number of benzene rings is 1. The third kappa shape index (κ3) is 2.92. The fourth-order valence-electron chi connectivity index (χ4n) is 1.12. The van der Waals surface area contributed by atoms with Gasteiger partial charge in [0.05, 0.1) is 5.56 Å². The number of thiol groups is 1. The summed E-state index contributed by atoms with van der Waals surface area (Å²) >= 11 is 4.07. The second-order valence-electron chi connectivity index (χ2n) is 2.81. The molecule has 0 unspecified atom stereocenters. The number of carbonyl (C=O) groups is 1. The Balaban J connectivity index is 2.90. The Labute approximate surface area is 88.7 Å². The highest BCUT2D eigenvalue weighted by Gasteiger charge is 2.05. The van der Waals surface area contributed by atoms with Gasteiger partial charge in [-0.05, 0) is 23.8 Å². The zero-order valence-corrected chi connectivity index (χ0v) is 8.58. The highest BCUT2D eigenvalue weighted by molar-refractivity contribution is 7.80. The summed E-state index contributed by atoms with van der Waals surface area (Å²) in [6.45, 7) is 0. The first-order valence-electron chi connectivity index (χ1n) is 4.35. The maximum atomic E-state index is 10.8. The fourth-order valence-corrected chi connectivity index (χ4v) is 1.27. The lowest BCUT2D eigenvalue weighted by molar-refractivity contribution is 0.0696. The molecule has 2 nitrogen and oxygen atoms in total. The fraction of sp³-hybridized carbons (Fsp3) is 0.182. The van der Waals surface area contributed by atoms with Gasteiger partial charge in [0.1, 0.15) is 0 Å². The lowest BCUT2D eigenvalue weighted by Crippen LogP contribution is -1.98. The largest absolute Gasteiger partial charge is 0.478 e. The van der Waals surface area contributed by atoms with E-state index < -0.39 is 5.97 Å². The van der Waals surface area contributed by atoms with Gasteiger partial charge in [-0.3, -0.25) is 0 Å². The molecule has 0 atom stereocenters. The minimum absolute atomic E-state index is 0.336. The monoisotopic (exact) mass is 208 g/mol. The summed E-state index contributed by atoms with van der Waals surface area (Å²) in [5.74, 6) is -0.123. The van der Waals surface area contributed by atoms with Crippen molar-refractivity contribution in [3.63, 3.8) is 0 Å². The van der Waals surface area contributed by atoms with Gasteiger partial charge in [-0.15, -0.1) is 0 Å². The zero-order valence-electron chi connectivity index (χ0n) is 7.68. The van der Waals surface area contributed by atoms with Crippen LogP contribution in [0.1, 0.15) is 22.3 Å². The molecule has 1 N–H and O–H groups in total. The lowest BCUT2D eigenvalue weighted by atomic mass is 10.1. The third-order valence-corrected chi connectivity index (χ3v) is 2.04. The molecule has 3 heteroatoms. The van der Waals surface area contributed by atoms with Crippen LogP contribution in [0.2, 0.25) is 0 Å². The van der Waals surface area contributed by atoms with E-state index in [2.05, 4.69) is 12.6 Å². The van der Waals surface area contributed by atoms with E-state index in [1.807, 2.05) is 18.2 Å². The SMILES string of the molecule is O=C(O)c1ccccc1C=CCCS. The minimum atomic E-state index is -0.892. The van der Waals surface area contributed by atoms with Crippen molar-refractivity contribution in [3.8, 4) is 0 Å². The van der Waals surface area contributed by atoms with E-state index >= 15 is 0 Å². The molecule has 0 saturated heterocycles. The van der Waals surface area contributed by atoms with Gasteiger partial charge in [-0.2, -0.15) is 12.6 Å². The van der Waals surface area contributed by atoms with Crippen molar-refractivity contribution in [2.24, 2.45) is 0 Å². The van der Waals surface area contributed by atoms with Crippen molar-refractivity contribution in [1.82, 2.24) is 0 Å². The van der Waals surface area contributed by atoms with Crippen LogP contribution in [0.5, 0.6) is 0 Å². The smallest absolute Gasteiger partial charge is 0.336 e. The average molecular weight is 208 g/mol. The van der Waals surface area contributed by atoms with Crippen molar-refractivity contribution in [3.05, 3.63) is 41.5 Å². The predicted octanol–water partition coefficient (Wildman–Crippen LogP) is 2.72. The van der Waals surface area contributed by atoms with Gasteiger partial charge in [0, 0.05) is 0 Å². The molecule has 1 rings (SSSR count). The van der Waals surface area contributed by atoms with Gasteiger partial charge >= 0.3 is 5.97 Å². The molecule has 0 amide bonds. The highest BCUT2D eigenvalue weighted by atomic mass is 32.1. The molecule has 0 aromatic heterocycles. The van der Waals surface area contributed by atoms with Crippen LogP contribution in [-0.4, -0.2) is 16.8 Å². The van der Waals surface area contributed by atoms with Crippen LogP contribution in [0.25, 0.3) is 6.08 Å². The van der Waals surface area contributed by atoms with Crippen LogP contribution in [0.15, 0.2) is 30.3 Å². The molecule has 0 spiro atoms. The molecule has 74 valence electrons. The number of carboxylic acid groups (broad SMARTS) is 1. The Hall–Kier alpha value is -1.22. The molecule has 0 aliphatic rings. The van der Waals surface area contributed by atoms with Crippen molar-refractivity contribution < 1.29 is 9.90 Å². The molecule has 1 aromatic carbocycles. The van der Waals surface area contributed by atoms with Gasteiger partial charge in [0.2, 0.25) is 0 Å². The van der Waals surface area contributed by atoms with E-state index in [1.54, 1.807) is 18.2 Å². The summed E-state index contributed by atoms with van der Waals surface area (Å²) in [5, 5.41) is 8.87. The number of rotatable bonds is 4. The van der Waals surface area contributed by atoms with Crippen molar-refractivity contribution in [2.45, 2.75) is 6.42 Å². The second-order valence-corrected chi connectivity index (χ2v) is 3.25. The third-order valence-electron chi connectivity index (χ3n) is 1.78. The predicted molar refractivity (Wildman–Crippen MR) is 60.9 cm³/mol. The molecule has 0 fully saturated rings. The van der Waals surface area contributed by atoms with Gasteiger partial charge < -0.3 is 5.11 Å². The number of allylic oxidation sites excluding steroid dienone is 1. The van der Waals surface area contributed by atoms with E-state index in [9.17, 15) is 4.79 Å². The highest BCUT2D eigenvalue weighted by Crippen LogP contribution is 2.10. The van der Waals surface area contributed by atoms with Crippen LogP contribution < -0.4 is 0 Å². The topological polar surface area (TPSA) is 37.3 Å². The molecule has 0 heterocycles. The Morgan fingerprint density at radius 3 is 2.79 bits per heavy atom. The standard InChI is InChI=1S/C11H12O2S/c12-11(13)10-7-2-1-5-9(10)6-3-4-8-14/h1-3,5-7,14H,4,8H2,(H,12,13). The Kier molecular flexibility index (Phi) is 4.26. The van der Waals surface area contributed by atoms with Crippen molar-refractivity contribution in [1.29, 1.82) is 0 Å². The van der Waals surface area contributed by atoms with Crippen molar-refractivity contribution >= 4 is 24.7 Å². The number of hydrogen-bond acceptors (Lipinski definition) is 2. The van der Waals surface area contributed by atoms with Crippen LogP contribution in [0, 0.1) is 0 Å². The first kappa shape index (κ1) is 10.9. The molecule has 0 aliphatic heterocycles.